The van der Waals surface area contributed by atoms with E-state index in [1.807, 2.05) is 0 Å². The number of rotatable bonds is 6. The summed E-state index contributed by atoms with van der Waals surface area (Å²) in [5, 5.41) is 12.9. The first-order valence-corrected chi connectivity index (χ1v) is 16.3. The van der Waals surface area contributed by atoms with Crippen molar-refractivity contribution in [2.24, 2.45) is 5.92 Å². The Labute approximate surface area is 289 Å². The Morgan fingerprint density at radius 1 is 0.900 bits per heavy atom. The third-order valence-corrected chi connectivity index (χ3v) is 10.3. The number of allylic oxidation sites excluding steroid dienone is 2. The molecule has 4 aromatic carbocycles. The average molecular weight is 694 g/mol. The fourth-order valence-electron chi connectivity index (χ4n) is 8.03. The Balaban J connectivity index is 1.41. The van der Waals surface area contributed by atoms with E-state index in [0.717, 1.165) is 9.58 Å². The van der Waals surface area contributed by atoms with Crippen LogP contribution < -0.4 is 21.5 Å². The maximum absolute atomic E-state index is 15.2. The van der Waals surface area contributed by atoms with Crippen LogP contribution in [0, 0.1) is 11.7 Å². The van der Waals surface area contributed by atoms with Crippen molar-refractivity contribution >= 4 is 29.1 Å². The number of nitrogens with one attached hydrogen (secondary N) is 1. The van der Waals surface area contributed by atoms with Gasteiger partial charge >= 0.3 is 11.4 Å². The van der Waals surface area contributed by atoms with Crippen LogP contribution in [0.5, 0.6) is 11.5 Å². The van der Waals surface area contributed by atoms with Crippen LogP contribution in [0.1, 0.15) is 29.5 Å². The van der Waals surface area contributed by atoms with E-state index >= 15 is 4.79 Å². The maximum atomic E-state index is 15.2. The lowest BCUT2D eigenvalue weighted by Crippen LogP contribution is -2.53. The van der Waals surface area contributed by atoms with Crippen LogP contribution in [0.15, 0.2) is 118 Å². The van der Waals surface area contributed by atoms with Crippen LogP contribution in [0.3, 0.4) is 0 Å². The van der Waals surface area contributed by atoms with Gasteiger partial charge in [-0.1, -0.05) is 54.1 Å². The monoisotopic (exact) mass is 693 g/mol. The number of ether oxygens (including phenoxy) is 1. The molecule has 3 heterocycles. The summed E-state index contributed by atoms with van der Waals surface area (Å²) in [5.41, 5.74) is 1.92. The number of aromatic hydroxyl groups is 1. The maximum Gasteiger partial charge on any atom is 0.352 e. The summed E-state index contributed by atoms with van der Waals surface area (Å²) in [7, 11) is 1.44. The number of phenolic OH excluding ortho intramolecular Hbond substituents is 1. The van der Waals surface area contributed by atoms with Crippen LogP contribution in [-0.4, -0.2) is 43.0 Å². The molecule has 2 amide bonds. The zero-order chi connectivity index (χ0) is 34.9. The molecule has 1 aromatic heterocycles. The molecular weight excluding hydrogens is 665 g/mol. The van der Waals surface area contributed by atoms with Gasteiger partial charge in [0.15, 0.2) is 0 Å². The third kappa shape index (κ3) is 4.41. The van der Waals surface area contributed by atoms with Crippen molar-refractivity contribution in [3.8, 4) is 17.2 Å². The number of amides is 2. The van der Waals surface area contributed by atoms with Gasteiger partial charge in [0.25, 0.3) is 11.8 Å². The van der Waals surface area contributed by atoms with Crippen molar-refractivity contribution in [3.63, 3.8) is 0 Å². The van der Waals surface area contributed by atoms with Crippen molar-refractivity contribution in [2.45, 2.75) is 30.3 Å². The number of hydrazine groups is 1. The molecule has 0 radical (unpaired) electrons. The highest BCUT2D eigenvalue weighted by Crippen LogP contribution is 2.64. The van der Waals surface area contributed by atoms with Gasteiger partial charge in [0.1, 0.15) is 17.3 Å². The SMILES string of the molecule is COc1cccc(O)c1C1C2=CCn3c(=O)n(-c4ccccc4)c(=O)n3C2CC2C(=O)N(Nc3ccc(F)cc3)C(=O)C21c1ccc(Cl)cc1. The van der Waals surface area contributed by atoms with E-state index in [0.29, 0.717) is 21.8 Å². The molecule has 2 N–H and O–H groups in total. The molecule has 2 fully saturated rings. The van der Waals surface area contributed by atoms with Crippen molar-refractivity contribution in [1.82, 2.24) is 18.9 Å². The molecule has 1 saturated heterocycles. The lowest BCUT2D eigenvalue weighted by Gasteiger charge is -2.49. The Hall–Kier alpha value is -5.88. The first-order valence-electron chi connectivity index (χ1n) is 15.9. The second-order valence-electron chi connectivity index (χ2n) is 12.5. The smallest absolute Gasteiger partial charge is 0.352 e. The van der Waals surface area contributed by atoms with Gasteiger partial charge in [-0.25, -0.2) is 27.9 Å². The van der Waals surface area contributed by atoms with E-state index in [4.69, 9.17) is 16.3 Å². The van der Waals surface area contributed by atoms with E-state index in [1.165, 1.54) is 46.8 Å². The molecule has 4 atom stereocenters. The Bertz CT molecular complexity index is 2330. The lowest BCUT2D eigenvalue weighted by molar-refractivity contribution is -0.138. The summed E-state index contributed by atoms with van der Waals surface area (Å²) in [4.78, 5) is 58.0. The first-order chi connectivity index (χ1) is 24.2. The molecule has 8 rings (SSSR count). The number of carbonyl (C=O) groups is 2. The molecule has 4 unspecified atom stereocenters. The Kier molecular flexibility index (Phi) is 7.30. The summed E-state index contributed by atoms with van der Waals surface area (Å²) >= 11 is 6.33. The first kappa shape index (κ1) is 31.4. The minimum Gasteiger partial charge on any atom is -0.508 e. The molecule has 3 aliphatic rings. The fraction of sp³-hybridized carbons (Fsp3) is 0.189. The van der Waals surface area contributed by atoms with Gasteiger partial charge in [0, 0.05) is 16.5 Å². The second-order valence-corrected chi connectivity index (χ2v) is 12.9. The predicted octanol–water partition coefficient (Wildman–Crippen LogP) is 4.93. The number of methoxy groups -OCH3 is 1. The molecule has 50 heavy (non-hydrogen) atoms. The molecule has 11 nitrogen and oxygen atoms in total. The lowest BCUT2D eigenvalue weighted by atomic mass is 9.53. The number of anilines is 1. The number of imide groups is 1. The predicted molar refractivity (Wildman–Crippen MR) is 182 cm³/mol. The van der Waals surface area contributed by atoms with Gasteiger partial charge in [-0.15, -0.1) is 0 Å². The largest absolute Gasteiger partial charge is 0.508 e. The number of benzene rings is 4. The number of aromatic nitrogens is 3. The minimum atomic E-state index is -1.70. The number of hydrogen-bond donors (Lipinski definition) is 2. The highest BCUT2D eigenvalue weighted by atomic mass is 35.5. The van der Waals surface area contributed by atoms with Gasteiger partial charge in [-0.05, 0) is 78.2 Å². The topological polar surface area (TPSA) is 128 Å². The zero-order valence-electron chi connectivity index (χ0n) is 26.5. The number of nitrogens with zero attached hydrogens (tertiary/aromatic N) is 4. The molecular formula is C37H29ClFN5O6. The molecule has 1 saturated carbocycles. The van der Waals surface area contributed by atoms with Gasteiger partial charge in [0.2, 0.25) is 0 Å². The van der Waals surface area contributed by atoms with Crippen LogP contribution in [-0.2, 0) is 21.5 Å². The van der Waals surface area contributed by atoms with Crippen LogP contribution >= 0.6 is 11.6 Å². The van der Waals surface area contributed by atoms with Crippen LogP contribution in [0.4, 0.5) is 10.1 Å². The summed E-state index contributed by atoms with van der Waals surface area (Å²) in [5.74, 6) is -3.88. The number of halogens is 2. The Morgan fingerprint density at radius 3 is 2.32 bits per heavy atom. The summed E-state index contributed by atoms with van der Waals surface area (Å²) in [6, 6.07) is 24.2. The molecule has 5 aromatic rings. The van der Waals surface area contributed by atoms with Crippen molar-refractivity contribution in [2.75, 3.05) is 12.5 Å². The average Bonchev–Trinajstić information content (AvgIpc) is 3.50. The number of carbonyl (C=O) groups excluding carboxylic acids is 2. The van der Waals surface area contributed by atoms with Crippen LogP contribution in [0.25, 0.3) is 5.69 Å². The molecule has 13 heteroatoms. The summed E-state index contributed by atoms with van der Waals surface area (Å²) in [6.07, 6.45) is 1.74. The standard InChI is InChI=1S/C37H29ClFN5O6/c1-50-30-9-5-8-29(45)31(30)32-26-18-19-41-35(48)42(25-6-3-2-4-7-25)36(49)44(41)28(26)20-27-33(46)43(40-24-16-14-23(39)15-17-24)34(47)37(27,32)21-10-12-22(38)13-11-21/h2-18,27-28,32,40,45H,19-20H2,1H3. The highest BCUT2D eigenvalue weighted by Gasteiger charge is 2.69. The number of hydrogen-bond acceptors (Lipinski definition) is 7. The quantitative estimate of drug-likeness (QED) is 0.191. The zero-order valence-corrected chi connectivity index (χ0v) is 27.3. The van der Waals surface area contributed by atoms with Crippen LogP contribution in [0.2, 0.25) is 5.02 Å². The van der Waals surface area contributed by atoms with E-state index in [-0.39, 0.29) is 35.7 Å². The molecule has 0 spiro atoms. The second kappa shape index (κ2) is 11.6. The number of fused-ring (bicyclic) bond motifs is 4. The van der Waals surface area contributed by atoms with E-state index < -0.39 is 52.3 Å². The normalized spacial score (nSPS) is 22.4. The molecule has 0 bridgehead atoms. The molecule has 252 valence electrons. The Morgan fingerprint density at radius 2 is 1.62 bits per heavy atom. The van der Waals surface area contributed by atoms with Crippen molar-refractivity contribution < 1.29 is 23.8 Å². The molecule has 1 aliphatic carbocycles. The van der Waals surface area contributed by atoms with E-state index in [2.05, 4.69) is 5.43 Å². The van der Waals surface area contributed by atoms with Gasteiger partial charge in [-0.2, -0.15) is 5.01 Å². The minimum absolute atomic E-state index is 0.0206. The van der Waals surface area contributed by atoms with Gasteiger partial charge in [0.05, 0.1) is 42.4 Å². The van der Waals surface area contributed by atoms with E-state index in [1.54, 1.807) is 72.8 Å². The van der Waals surface area contributed by atoms with E-state index in [9.17, 15) is 23.9 Å². The fourth-order valence-corrected chi connectivity index (χ4v) is 8.16. The van der Waals surface area contributed by atoms with Crippen molar-refractivity contribution in [1.29, 1.82) is 0 Å². The number of para-hydroxylation sites is 1. The highest BCUT2D eigenvalue weighted by molar-refractivity contribution is 6.30. The molecule has 2 aliphatic heterocycles. The third-order valence-electron chi connectivity index (χ3n) is 10.1. The summed E-state index contributed by atoms with van der Waals surface area (Å²) < 4.78 is 23.4. The van der Waals surface area contributed by atoms with Gasteiger partial charge in [-0.3, -0.25) is 15.0 Å². The van der Waals surface area contributed by atoms with Crippen molar-refractivity contribution in [3.05, 3.63) is 152 Å². The summed E-state index contributed by atoms with van der Waals surface area (Å²) in [6.45, 7) is -0.0206. The van der Waals surface area contributed by atoms with Gasteiger partial charge < -0.3 is 9.84 Å². The number of phenols is 1.